The fourth-order valence-electron chi connectivity index (χ4n) is 7.26. The minimum Gasteiger partial charge on any atom is -0.348 e. The Kier molecular flexibility index (Phi) is 15.0. The molecule has 48 heavy (non-hydrogen) atoms. The van der Waals surface area contributed by atoms with E-state index in [0.717, 1.165) is 24.3 Å². The summed E-state index contributed by atoms with van der Waals surface area (Å²) in [6.07, 6.45) is 18.2. The molecule has 0 aromatic heterocycles. The van der Waals surface area contributed by atoms with E-state index in [1.165, 1.54) is 112 Å². The van der Waals surface area contributed by atoms with Crippen LogP contribution in [0.4, 0.5) is 0 Å². The minimum atomic E-state index is -0.278. The third-order valence-electron chi connectivity index (χ3n) is 10.7. The molecular formula is C44H62O4. The molecule has 2 saturated heterocycles. The lowest BCUT2D eigenvalue weighted by molar-refractivity contribution is -0.237. The van der Waals surface area contributed by atoms with Crippen LogP contribution in [0, 0.1) is 11.8 Å². The average Bonchev–Trinajstić information content (AvgIpc) is 3.12. The van der Waals surface area contributed by atoms with Crippen molar-refractivity contribution in [3.63, 3.8) is 0 Å². The van der Waals surface area contributed by atoms with Crippen LogP contribution in [0.15, 0.2) is 72.8 Å². The first-order valence-electron chi connectivity index (χ1n) is 19.4. The van der Waals surface area contributed by atoms with Gasteiger partial charge in [-0.25, -0.2) is 0 Å². The summed E-state index contributed by atoms with van der Waals surface area (Å²) in [5.74, 6) is 0.984. The van der Waals surface area contributed by atoms with Crippen LogP contribution in [0.5, 0.6) is 0 Å². The lowest BCUT2D eigenvalue weighted by atomic mass is 9.95. The molecule has 0 N–H and O–H groups in total. The minimum absolute atomic E-state index is 0.221. The number of rotatable bonds is 18. The third-order valence-corrected chi connectivity index (χ3v) is 10.7. The molecule has 0 spiro atoms. The third kappa shape index (κ3) is 10.7. The van der Waals surface area contributed by atoms with Crippen molar-refractivity contribution < 1.29 is 18.9 Å². The molecule has 3 aromatic carbocycles. The maximum atomic E-state index is 6.34. The summed E-state index contributed by atoms with van der Waals surface area (Å²) in [6, 6.07) is 26.2. The first-order chi connectivity index (χ1) is 23.6. The predicted molar refractivity (Wildman–Crippen MR) is 199 cm³/mol. The van der Waals surface area contributed by atoms with Crippen molar-refractivity contribution in [2.75, 3.05) is 13.2 Å². The second-order valence-electron chi connectivity index (χ2n) is 14.5. The van der Waals surface area contributed by atoms with Gasteiger partial charge in [-0.05, 0) is 48.9 Å². The van der Waals surface area contributed by atoms with E-state index in [9.17, 15) is 0 Å². The lowest BCUT2D eigenvalue weighted by Gasteiger charge is -2.35. The van der Waals surface area contributed by atoms with Crippen molar-refractivity contribution in [2.45, 2.75) is 142 Å². The Morgan fingerprint density at radius 1 is 0.438 bits per heavy atom. The Bertz CT molecular complexity index is 1200. The topological polar surface area (TPSA) is 36.9 Å². The Balaban J connectivity index is 1.07. The van der Waals surface area contributed by atoms with Crippen molar-refractivity contribution in [3.05, 3.63) is 83.9 Å². The predicted octanol–water partition coefficient (Wildman–Crippen LogP) is 12.6. The van der Waals surface area contributed by atoms with E-state index in [1.807, 2.05) is 0 Å². The van der Waals surface area contributed by atoms with Gasteiger partial charge in [0.15, 0.2) is 12.6 Å². The first kappa shape index (κ1) is 36.8. The maximum Gasteiger partial charge on any atom is 0.184 e. The molecule has 262 valence electrons. The molecule has 6 unspecified atom stereocenters. The van der Waals surface area contributed by atoms with Gasteiger partial charge in [0, 0.05) is 23.0 Å². The molecule has 4 nitrogen and oxygen atoms in total. The summed E-state index contributed by atoms with van der Waals surface area (Å²) in [6.45, 7) is 10.5. The quantitative estimate of drug-likeness (QED) is 0.128. The van der Waals surface area contributed by atoms with E-state index >= 15 is 0 Å². The zero-order valence-electron chi connectivity index (χ0n) is 30.3. The van der Waals surface area contributed by atoms with Crippen LogP contribution in [0.25, 0.3) is 22.3 Å². The Morgan fingerprint density at radius 3 is 1.08 bits per heavy atom. The molecule has 4 heteroatoms. The number of ether oxygens (including phenoxy) is 4. The fraction of sp³-hybridized carbons (Fsp3) is 0.591. The number of hydrogen-bond donors (Lipinski definition) is 0. The molecule has 0 bridgehead atoms. The van der Waals surface area contributed by atoms with Gasteiger partial charge in [0.05, 0.1) is 25.4 Å². The number of unbranched alkanes of at least 4 members (excludes halogenated alkanes) is 10. The van der Waals surface area contributed by atoms with Gasteiger partial charge < -0.3 is 18.9 Å². The van der Waals surface area contributed by atoms with Crippen LogP contribution in [0.1, 0.15) is 141 Å². The molecule has 6 atom stereocenters. The molecular weight excluding hydrogens is 592 g/mol. The van der Waals surface area contributed by atoms with Gasteiger partial charge in [0.2, 0.25) is 0 Å². The molecule has 2 fully saturated rings. The van der Waals surface area contributed by atoms with Gasteiger partial charge in [-0.2, -0.15) is 0 Å². The summed E-state index contributed by atoms with van der Waals surface area (Å²) in [5.41, 5.74) is 6.98. The van der Waals surface area contributed by atoms with Crippen molar-refractivity contribution in [1.82, 2.24) is 0 Å². The Hall–Kier alpha value is -2.50. The van der Waals surface area contributed by atoms with Gasteiger partial charge in [-0.3, -0.25) is 0 Å². The van der Waals surface area contributed by atoms with Crippen LogP contribution in [-0.2, 0) is 18.9 Å². The zero-order chi connectivity index (χ0) is 33.6. The van der Waals surface area contributed by atoms with Crippen LogP contribution in [0.3, 0.4) is 0 Å². The first-order valence-corrected chi connectivity index (χ1v) is 19.4. The molecule has 2 aliphatic rings. The molecule has 0 amide bonds. The van der Waals surface area contributed by atoms with E-state index in [2.05, 4.69) is 100 Å². The smallest absolute Gasteiger partial charge is 0.184 e. The summed E-state index contributed by atoms with van der Waals surface area (Å²) in [5, 5.41) is 0. The van der Waals surface area contributed by atoms with E-state index in [0.29, 0.717) is 11.8 Å². The van der Waals surface area contributed by atoms with Crippen LogP contribution >= 0.6 is 0 Å². The summed E-state index contributed by atoms with van der Waals surface area (Å²) < 4.78 is 25.1. The Labute approximate surface area is 291 Å². The highest BCUT2D eigenvalue weighted by molar-refractivity contribution is 5.70. The SMILES string of the molecule is CCCCCCCCC1COC(c2ccc(-c3ccc(-c4ccc(C5OCC(CCCCCCCC)C(C)O5)cc4)cc3)cc2)OC1C. The van der Waals surface area contributed by atoms with E-state index in [4.69, 9.17) is 18.9 Å². The molecule has 2 heterocycles. The highest BCUT2D eigenvalue weighted by Crippen LogP contribution is 2.35. The van der Waals surface area contributed by atoms with Gasteiger partial charge in [-0.1, -0.05) is 164 Å². The zero-order valence-corrected chi connectivity index (χ0v) is 30.3. The van der Waals surface area contributed by atoms with Gasteiger partial charge in [-0.15, -0.1) is 0 Å². The fourth-order valence-corrected chi connectivity index (χ4v) is 7.26. The van der Waals surface area contributed by atoms with Gasteiger partial charge >= 0.3 is 0 Å². The van der Waals surface area contributed by atoms with Crippen molar-refractivity contribution in [2.24, 2.45) is 11.8 Å². The largest absolute Gasteiger partial charge is 0.348 e. The second-order valence-corrected chi connectivity index (χ2v) is 14.5. The van der Waals surface area contributed by atoms with Crippen molar-refractivity contribution >= 4 is 0 Å². The van der Waals surface area contributed by atoms with Gasteiger partial charge in [0.1, 0.15) is 0 Å². The number of benzene rings is 3. The normalized spacial score (nSPS) is 24.5. The summed E-state index contributed by atoms with van der Waals surface area (Å²) >= 11 is 0. The molecule has 5 rings (SSSR count). The molecule has 0 radical (unpaired) electrons. The standard InChI is InChI=1S/C44H62O4/c1-5-7-9-11-13-15-17-41-31-45-43(47-33(41)3)39-27-23-37(24-28-39)35-19-21-36(22-20-35)38-25-29-40(30-26-38)44-46-32-42(34(4)48-44)18-16-14-12-10-8-6-2/h19-30,33-34,41-44H,5-18,31-32H2,1-4H3. The highest BCUT2D eigenvalue weighted by atomic mass is 16.7. The number of hydrogen-bond acceptors (Lipinski definition) is 4. The summed E-state index contributed by atoms with van der Waals surface area (Å²) in [7, 11) is 0. The molecule has 0 saturated carbocycles. The molecule has 2 aliphatic heterocycles. The van der Waals surface area contributed by atoms with E-state index < -0.39 is 0 Å². The summed E-state index contributed by atoms with van der Waals surface area (Å²) in [4.78, 5) is 0. The highest BCUT2D eigenvalue weighted by Gasteiger charge is 2.30. The molecule has 0 aliphatic carbocycles. The van der Waals surface area contributed by atoms with Crippen LogP contribution in [0.2, 0.25) is 0 Å². The Morgan fingerprint density at radius 2 is 0.750 bits per heavy atom. The lowest BCUT2D eigenvalue weighted by Crippen LogP contribution is -2.34. The molecule has 3 aromatic rings. The van der Waals surface area contributed by atoms with Crippen molar-refractivity contribution in [1.29, 1.82) is 0 Å². The van der Waals surface area contributed by atoms with E-state index in [-0.39, 0.29) is 24.8 Å². The van der Waals surface area contributed by atoms with Crippen LogP contribution < -0.4 is 0 Å². The maximum absolute atomic E-state index is 6.34. The second kappa shape index (κ2) is 19.6. The van der Waals surface area contributed by atoms with Gasteiger partial charge in [0.25, 0.3) is 0 Å². The van der Waals surface area contributed by atoms with Crippen molar-refractivity contribution in [3.8, 4) is 22.3 Å². The van der Waals surface area contributed by atoms with E-state index in [1.54, 1.807) is 0 Å². The van der Waals surface area contributed by atoms with Crippen LogP contribution in [-0.4, -0.2) is 25.4 Å². The monoisotopic (exact) mass is 654 g/mol. The average molecular weight is 655 g/mol.